The molecule has 2 N–H and O–H groups in total. The highest BCUT2D eigenvalue weighted by Gasteiger charge is 2.13. The predicted molar refractivity (Wildman–Crippen MR) is 59.5 cm³/mol. The predicted octanol–water partition coefficient (Wildman–Crippen LogP) is 1.94. The van der Waals surface area contributed by atoms with Crippen LogP contribution in [0.4, 0.5) is 5.88 Å². The van der Waals surface area contributed by atoms with Crippen molar-refractivity contribution in [3.63, 3.8) is 0 Å². The molecule has 5 heteroatoms. The highest BCUT2D eigenvalue weighted by molar-refractivity contribution is 5.78. The Kier molecular flexibility index (Phi) is 2.68. The summed E-state index contributed by atoms with van der Waals surface area (Å²) in [6.45, 7) is 0. The van der Waals surface area contributed by atoms with Gasteiger partial charge in [-0.1, -0.05) is 5.16 Å². The van der Waals surface area contributed by atoms with Crippen molar-refractivity contribution in [1.29, 1.82) is 0 Å². The molecule has 84 valence electrons. The van der Waals surface area contributed by atoms with Gasteiger partial charge in [0.05, 0.1) is 26.0 Å². The van der Waals surface area contributed by atoms with Gasteiger partial charge < -0.3 is 19.7 Å². The van der Waals surface area contributed by atoms with Crippen LogP contribution >= 0.6 is 0 Å². The van der Waals surface area contributed by atoms with E-state index in [0.717, 1.165) is 11.3 Å². The monoisotopic (exact) mass is 220 g/mol. The van der Waals surface area contributed by atoms with Crippen LogP contribution in [0.1, 0.15) is 0 Å². The van der Waals surface area contributed by atoms with E-state index in [4.69, 9.17) is 19.7 Å². The lowest BCUT2D eigenvalue weighted by atomic mass is 10.1. The molecule has 2 rings (SSSR count). The molecule has 0 fully saturated rings. The number of anilines is 1. The number of nitrogens with zero attached hydrogens (tertiary/aromatic N) is 1. The van der Waals surface area contributed by atoms with Gasteiger partial charge in [-0.15, -0.1) is 0 Å². The third-order valence-electron chi connectivity index (χ3n) is 2.30. The number of nitrogens with two attached hydrogens (primary N) is 1. The molecule has 0 aliphatic heterocycles. The van der Waals surface area contributed by atoms with Crippen molar-refractivity contribution in [1.82, 2.24) is 5.16 Å². The number of rotatable bonds is 3. The number of hydrogen-bond acceptors (Lipinski definition) is 5. The summed E-state index contributed by atoms with van der Waals surface area (Å²) in [4.78, 5) is 0. The maximum Gasteiger partial charge on any atom is 0.230 e. The first-order chi connectivity index (χ1) is 7.76. The molecule has 5 nitrogen and oxygen atoms in total. The van der Waals surface area contributed by atoms with Crippen molar-refractivity contribution in [2.75, 3.05) is 20.0 Å². The second-order valence-electron chi connectivity index (χ2n) is 3.17. The summed E-state index contributed by atoms with van der Waals surface area (Å²) in [5.74, 6) is 1.67. The van der Waals surface area contributed by atoms with Crippen LogP contribution in [-0.4, -0.2) is 19.4 Å². The van der Waals surface area contributed by atoms with Gasteiger partial charge in [0.1, 0.15) is 11.5 Å². The second-order valence-corrected chi connectivity index (χ2v) is 3.17. The van der Waals surface area contributed by atoms with Gasteiger partial charge in [0.15, 0.2) is 0 Å². The van der Waals surface area contributed by atoms with Crippen molar-refractivity contribution in [3.05, 3.63) is 24.4 Å². The largest absolute Gasteiger partial charge is 0.497 e. The third-order valence-corrected chi connectivity index (χ3v) is 2.30. The average Bonchev–Trinajstić information content (AvgIpc) is 2.74. The minimum atomic E-state index is 0.256. The van der Waals surface area contributed by atoms with Crippen LogP contribution in [0.15, 0.2) is 28.9 Å². The minimum Gasteiger partial charge on any atom is -0.497 e. The molecule has 0 radical (unpaired) electrons. The smallest absolute Gasteiger partial charge is 0.230 e. The van der Waals surface area contributed by atoms with Crippen LogP contribution in [-0.2, 0) is 0 Å². The third kappa shape index (κ3) is 1.67. The number of nitrogen functional groups attached to an aromatic ring is 1. The Morgan fingerprint density at radius 1 is 1.19 bits per heavy atom. The van der Waals surface area contributed by atoms with Crippen LogP contribution < -0.4 is 15.2 Å². The maximum absolute atomic E-state index is 5.66. The minimum absolute atomic E-state index is 0.256. The van der Waals surface area contributed by atoms with Gasteiger partial charge in [-0.05, 0) is 18.2 Å². The van der Waals surface area contributed by atoms with E-state index in [1.165, 1.54) is 0 Å². The van der Waals surface area contributed by atoms with Crippen LogP contribution in [0.2, 0.25) is 0 Å². The summed E-state index contributed by atoms with van der Waals surface area (Å²) in [7, 11) is 3.19. The Balaban J connectivity index is 2.57. The van der Waals surface area contributed by atoms with E-state index in [-0.39, 0.29) is 5.88 Å². The Morgan fingerprint density at radius 3 is 2.56 bits per heavy atom. The number of methoxy groups -OCH3 is 2. The first-order valence-corrected chi connectivity index (χ1v) is 4.69. The van der Waals surface area contributed by atoms with E-state index >= 15 is 0 Å². The lowest BCUT2D eigenvalue weighted by molar-refractivity contribution is 0.404. The molecule has 0 unspecified atom stereocenters. The molecule has 0 aliphatic carbocycles. The maximum atomic E-state index is 5.66. The Morgan fingerprint density at radius 2 is 2.00 bits per heavy atom. The first kappa shape index (κ1) is 10.4. The first-order valence-electron chi connectivity index (χ1n) is 4.69. The van der Waals surface area contributed by atoms with E-state index in [9.17, 15) is 0 Å². The Hall–Kier alpha value is -2.17. The van der Waals surface area contributed by atoms with Crippen molar-refractivity contribution in [2.45, 2.75) is 0 Å². The molecule has 1 aromatic carbocycles. The molecule has 0 saturated carbocycles. The lowest BCUT2D eigenvalue weighted by Gasteiger charge is -2.08. The highest BCUT2D eigenvalue weighted by atomic mass is 16.5. The van der Waals surface area contributed by atoms with Crippen LogP contribution in [0, 0.1) is 0 Å². The van der Waals surface area contributed by atoms with Crippen molar-refractivity contribution in [2.24, 2.45) is 0 Å². The molecular weight excluding hydrogens is 208 g/mol. The van der Waals surface area contributed by atoms with Gasteiger partial charge in [-0.25, -0.2) is 0 Å². The summed E-state index contributed by atoms with van der Waals surface area (Å²) in [5.41, 5.74) is 7.14. The van der Waals surface area contributed by atoms with Gasteiger partial charge in [0.2, 0.25) is 5.88 Å². The summed E-state index contributed by atoms with van der Waals surface area (Å²) >= 11 is 0. The summed E-state index contributed by atoms with van der Waals surface area (Å²) in [6.07, 6.45) is 1.55. The number of hydrogen-bond donors (Lipinski definition) is 1. The number of aromatic nitrogens is 1. The summed E-state index contributed by atoms with van der Waals surface area (Å²) < 4.78 is 15.2. The van der Waals surface area contributed by atoms with E-state index < -0.39 is 0 Å². The topological polar surface area (TPSA) is 70.5 Å². The van der Waals surface area contributed by atoms with Crippen LogP contribution in [0.25, 0.3) is 11.1 Å². The lowest BCUT2D eigenvalue weighted by Crippen LogP contribution is -1.91. The molecule has 0 amide bonds. The summed E-state index contributed by atoms with van der Waals surface area (Å²) in [6, 6.07) is 5.44. The fourth-order valence-corrected chi connectivity index (χ4v) is 1.48. The fourth-order valence-electron chi connectivity index (χ4n) is 1.48. The SMILES string of the molecule is COc1ccc(OC)c(-c2cnoc2N)c1. The molecule has 2 aromatic rings. The van der Waals surface area contributed by atoms with Gasteiger partial charge >= 0.3 is 0 Å². The molecule has 1 heterocycles. The second kappa shape index (κ2) is 4.14. The quantitative estimate of drug-likeness (QED) is 0.855. The van der Waals surface area contributed by atoms with Gasteiger partial charge in [-0.2, -0.15) is 0 Å². The van der Waals surface area contributed by atoms with E-state index in [0.29, 0.717) is 11.3 Å². The van der Waals surface area contributed by atoms with Crippen molar-refractivity contribution in [3.8, 4) is 22.6 Å². The number of ether oxygens (including phenoxy) is 2. The zero-order valence-corrected chi connectivity index (χ0v) is 9.06. The fraction of sp³-hybridized carbons (Fsp3) is 0.182. The van der Waals surface area contributed by atoms with Crippen LogP contribution in [0.5, 0.6) is 11.5 Å². The normalized spacial score (nSPS) is 10.1. The zero-order valence-electron chi connectivity index (χ0n) is 9.06. The Bertz CT molecular complexity index is 494. The summed E-state index contributed by atoms with van der Waals surface area (Å²) in [5, 5.41) is 3.63. The standard InChI is InChI=1S/C11H12N2O3/c1-14-7-3-4-10(15-2)8(5-7)9-6-13-16-11(9)12/h3-6H,12H2,1-2H3. The van der Waals surface area contributed by atoms with E-state index in [2.05, 4.69) is 5.16 Å². The van der Waals surface area contributed by atoms with Crippen LogP contribution in [0.3, 0.4) is 0 Å². The van der Waals surface area contributed by atoms with E-state index in [1.807, 2.05) is 12.1 Å². The van der Waals surface area contributed by atoms with Gasteiger partial charge in [-0.3, -0.25) is 0 Å². The van der Waals surface area contributed by atoms with E-state index in [1.54, 1.807) is 26.5 Å². The van der Waals surface area contributed by atoms with Gasteiger partial charge in [0.25, 0.3) is 0 Å². The van der Waals surface area contributed by atoms with Crippen molar-refractivity contribution < 1.29 is 14.0 Å². The molecule has 0 saturated heterocycles. The molecule has 0 atom stereocenters. The highest BCUT2D eigenvalue weighted by Crippen LogP contribution is 2.36. The molecule has 0 bridgehead atoms. The van der Waals surface area contributed by atoms with Crippen molar-refractivity contribution >= 4 is 5.88 Å². The molecule has 1 aromatic heterocycles. The number of benzene rings is 1. The Labute approximate surface area is 92.8 Å². The average molecular weight is 220 g/mol. The zero-order chi connectivity index (χ0) is 11.5. The molecule has 0 aliphatic rings. The molecular formula is C11H12N2O3. The van der Waals surface area contributed by atoms with Gasteiger partial charge in [0, 0.05) is 5.56 Å². The molecule has 16 heavy (non-hydrogen) atoms. The molecule has 0 spiro atoms.